The molecule has 35 heavy (non-hydrogen) atoms. The molecule has 0 saturated carbocycles. The summed E-state index contributed by atoms with van der Waals surface area (Å²) < 4.78 is 0. The molecule has 1 N–H and O–H groups in total. The Labute approximate surface area is 206 Å². The van der Waals surface area contributed by atoms with Gasteiger partial charge in [-0.3, -0.25) is 4.79 Å². The molecule has 1 aliphatic carbocycles. The SMILES string of the molecule is O=C(C1=CC=C/C1=C(/O)C(c1ccccc1)c1ccccc1)C(c1ccccc1)c1ccccc1. The van der Waals surface area contributed by atoms with E-state index >= 15 is 0 Å². The van der Waals surface area contributed by atoms with Gasteiger partial charge in [0, 0.05) is 11.1 Å². The zero-order valence-corrected chi connectivity index (χ0v) is 19.3. The van der Waals surface area contributed by atoms with Gasteiger partial charge >= 0.3 is 0 Å². The molecule has 0 bridgehead atoms. The van der Waals surface area contributed by atoms with Crippen molar-refractivity contribution in [2.45, 2.75) is 11.8 Å². The highest BCUT2D eigenvalue weighted by Gasteiger charge is 2.31. The maximum Gasteiger partial charge on any atom is 0.175 e. The third-order valence-electron chi connectivity index (χ3n) is 6.42. The number of allylic oxidation sites excluding steroid dienone is 6. The summed E-state index contributed by atoms with van der Waals surface area (Å²) >= 11 is 0. The number of hydrogen-bond donors (Lipinski definition) is 1. The molecule has 0 atom stereocenters. The number of aliphatic hydroxyl groups excluding tert-OH is 1. The summed E-state index contributed by atoms with van der Waals surface area (Å²) in [5, 5.41) is 11.7. The van der Waals surface area contributed by atoms with Crippen LogP contribution in [-0.4, -0.2) is 10.9 Å². The van der Waals surface area contributed by atoms with E-state index in [2.05, 4.69) is 0 Å². The Bertz CT molecular complexity index is 1300. The highest BCUT2D eigenvalue weighted by atomic mass is 16.3. The highest BCUT2D eigenvalue weighted by molar-refractivity contribution is 6.07. The summed E-state index contributed by atoms with van der Waals surface area (Å²) in [6, 6.07) is 39.5. The fraction of sp³-hybridized carbons (Fsp3) is 0.0606. The molecule has 0 spiro atoms. The molecule has 0 amide bonds. The number of ketones is 1. The van der Waals surface area contributed by atoms with Gasteiger partial charge in [0.25, 0.3) is 0 Å². The van der Waals surface area contributed by atoms with E-state index in [1.807, 2.05) is 140 Å². The van der Waals surface area contributed by atoms with Crippen LogP contribution in [0.1, 0.15) is 34.1 Å². The molecule has 0 radical (unpaired) electrons. The number of hydrogen-bond acceptors (Lipinski definition) is 2. The molecule has 5 rings (SSSR count). The summed E-state index contributed by atoms with van der Waals surface area (Å²) in [6.45, 7) is 0. The standard InChI is InChI=1S/C33H26O2/c34-32(30(24-14-5-1-6-15-24)25-16-7-2-8-17-25)28-22-13-23-29(28)33(35)31(26-18-9-3-10-19-26)27-20-11-4-12-21-27/h1-23,30-31,34H/b32-28-. The van der Waals surface area contributed by atoms with Crippen LogP contribution in [0, 0.1) is 0 Å². The summed E-state index contributed by atoms with van der Waals surface area (Å²) in [5.41, 5.74) is 4.90. The van der Waals surface area contributed by atoms with E-state index in [-0.39, 0.29) is 17.5 Å². The molecule has 0 aromatic heterocycles. The largest absolute Gasteiger partial charge is 0.511 e. The van der Waals surface area contributed by atoms with Crippen molar-refractivity contribution in [1.82, 2.24) is 0 Å². The van der Waals surface area contributed by atoms with Crippen LogP contribution in [0.3, 0.4) is 0 Å². The Morgan fingerprint density at radius 1 is 0.543 bits per heavy atom. The normalized spacial score (nSPS) is 14.3. The number of carbonyl (C=O) groups excluding carboxylic acids is 1. The molecule has 2 heteroatoms. The van der Waals surface area contributed by atoms with Crippen LogP contribution in [0.4, 0.5) is 0 Å². The average molecular weight is 455 g/mol. The highest BCUT2D eigenvalue weighted by Crippen LogP contribution is 2.38. The van der Waals surface area contributed by atoms with Crippen LogP contribution in [0.15, 0.2) is 156 Å². The molecule has 170 valence electrons. The van der Waals surface area contributed by atoms with E-state index < -0.39 is 5.92 Å². The van der Waals surface area contributed by atoms with E-state index in [1.54, 1.807) is 0 Å². The molecular weight excluding hydrogens is 428 g/mol. The zero-order valence-electron chi connectivity index (χ0n) is 19.3. The Hall–Kier alpha value is -4.43. The monoisotopic (exact) mass is 454 g/mol. The Balaban J connectivity index is 1.60. The topological polar surface area (TPSA) is 37.3 Å². The molecule has 2 nitrogen and oxygen atoms in total. The van der Waals surface area contributed by atoms with Crippen molar-refractivity contribution >= 4 is 5.78 Å². The van der Waals surface area contributed by atoms with Crippen LogP contribution in [0.2, 0.25) is 0 Å². The number of aliphatic hydroxyl groups is 1. The van der Waals surface area contributed by atoms with Gasteiger partial charge in [0.15, 0.2) is 5.78 Å². The van der Waals surface area contributed by atoms with Crippen molar-refractivity contribution in [3.05, 3.63) is 179 Å². The van der Waals surface area contributed by atoms with Gasteiger partial charge in [0.2, 0.25) is 0 Å². The summed E-state index contributed by atoms with van der Waals surface area (Å²) in [7, 11) is 0. The number of carbonyl (C=O) groups is 1. The van der Waals surface area contributed by atoms with Crippen molar-refractivity contribution < 1.29 is 9.90 Å². The quantitative estimate of drug-likeness (QED) is 0.293. The zero-order chi connectivity index (χ0) is 24.0. The van der Waals surface area contributed by atoms with Gasteiger partial charge in [-0.15, -0.1) is 0 Å². The van der Waals surface area contributed by atoms with Gasteiger partial charge in [-0.1, -0.05) is 140 Å². The van der Waals surface area contributed by atoms with Gasteiger partial charge in [0.05, 0.1) is 11.8 Å². The van der Waals surface area contributed by atoms with Crippen LogP contribution in [-0.2, 0) is 4.79 Å². The fourth-order valence-corrected chi connectivity index (χ4v) is 4.75. The minimum atomic E-state index is -0.460. The van der Waals surface area contributed by atoms with Gasteiger partial charge in [-0.2, -0.15) is 0 Å². The Morgan fingerprint density at radius 2 is 0.914 bits per heavy atom. The molecule has 0 unspecified atom stereocenters. The summed E-state index contributed by atoms with van der Waals surface area (Å²) in [5.74, 6) is -0.694. The lowest BCUT2D eigenvalue weighted by Crippen LogP contribution is -2.18. The number of benzene rings is 4. The molecule has 4 aromatic carbocycles. The molecule has 4 aromatic rings. The van der Waals surface area contributed by atoms with Crippen LogP contribution in [0.25, 0.3) is 0 Å². The molecular formula is C33H26O2. The molecule has 1 aliphatic rings. The number of Topliss-reactive ketones (excluding diaryl/α,β-unsaturated/α-hetero) is 1. The Kier molecular flexibility index (Phi) is 6.54. The van der Waals surface area contributed by atoms with E-state index in [9.17, 15) is 9.90 Å². The van der Waals surface area contributed by atoms with E-state index in [0.717, 1.165) is 22.3 Å². The first-order valence-electron chi connectivity index (χ1n) is 11.8. The lowest BCUT2D eigenvalue weighted by Gasteiger charge is -2.22. The second-order valence-corrected chi connectivity index (χ2v) is 8.61. The van der Waals surface area contributed by atoms with E-state index in [4.69, 9.17) is 0 Å². The molecule has 0 heterocycles. The summed E-state index contributed by atoms with van der Waals surface area (Å²) in [4.78, 5) is 14.1. The maximum atomic E-state index is 14.1. The lowest BCUT2D eigenvalue weighted by atomic mass is 9.81. The van der Waals surface area contributed by atoms with E-state index in [0.29, 0.717) is 11.1 Å². The van der Waals surface area contributed by atoms with Crippen LogP contribution < -0.4 is 0 Å². The van der Waals surface area contributed by atoms with Gasteiger partial charge < -0.3 is 5.11 Å². The first kappa shape index (κ1) is 22.4. The average Bonchev–Trinajstić information content (AvgIpc) is 3.42. The van der Waals surface area contributed by atoms with Crippen molar-refractivity contribution in [3.8, 4) is 0 Å². The number of rotatable bonds is 7. The molecule has 0 fully saturated rings. The summed E-state index contributed by atoms with van der Waals surface area (Å²) in [6.07, 6.45) is 5.51. The predicted octanol–water partition coefficient (Wildman–Crippen LogP) is 7.53. The lowest BCUT2D eigenvalue weighted by molar-refractivity contribution is -0.115. The predicted molar refractivity (Wildman–Crippen MR) is 141 cm³/mol. The third-order valence-corrected chi connectivity index (χ3v) is 6.42. The van der Waals surface area contributed by atoms with Crippen molar-refractivity contribution in [3.63, 3.8) is 0 Å². The minimum Gasteiger partial charge on any atom is -0.511 e. The van der Waals surface area contributed by atoms with Crippen molar-refractivity contribution in [2.24, 2.45) is 0 Å². The van der Waals surface area contributed by atoms with Gasteiger partial charge in [0.1, 0.15) is 5.76 Å². The third kappa shape index (κ3) is 4.64. The first-order valence-corrected chi connectivity index (χ1v) is 11.8. The van der Waals surface area contributed by atoms with Crippen molar-refractivity contribution in [2.75, 3.05) is 0 Å². The van der Waals surface area contributed by atoms with Crippen LogP contribution in [0.5, 0.6) is 0 Å². The van der Waals surface area contributed by atoms with Crippen molar-refractivity contribution in [1.29, 1.82) is 0 Å². The molecule has 0 saturated heterocycles. The maximum absolute atomic E-state index is 14.1. The first-order chi connectivity index (χ1) is 17.2. The Morgan fingerprint density at radius 3 is 1.31 bits per heavy atom. The van der Waals surface area contributed by atoms with E-state index in [1.165, 1.54) is 0 Å². The van der Waals surface area contributed by atoms with Crippen LogP contribution >= 0.6 is 0 Å². The fourth-order valence-electron chi connectivity index (χ4n) is 4.75. The minimum absolute atomic E-state index is 0.0335. The second-order valence-electron chi connectivity index (χ2n) is 8.61. The second kappa shape index (κ2) is 10.2. The molecule has 0 aliphatic heterocycles. The van der Waals surface area contributed by atoms with Gasteiger partial charge in [-0.05, 0) is 22.3 Å². The smallest absolute Gasteiger partial charge is 0.175 e. The van der Waals surface area contributed by atoms with Gasteiger partial charge in [-0.25, -0.2) is 0 Å².